The molecule has 0 saturated carbocycles. The lowest BCUT2D eigenvalue weighted by Gasteiger charge is -2.10. The number of aromatic nitrogens is 1. The number of thiophene rings is 1. The van der Waals surface area contributed by atoms with Gasteiger partial charge in [-0.1, -0.05) is 23.8 Å². The van der Waals surface area contributed by atoms with Crippen LogP contribution in [0.5, 0.6) is 0 Å². The Hall–Kier alpha value is -1.87. The number of nitrogens with one attached hydrogen (secondary N) is 2. The Labute approximate surface area is 181 Å². The van der Waals surface area contributed by atoms with Crippen molar-refractivity contribution in [2.75, 3.05) is 20.1 Å². The van der Waals surface area contributed by atoms with Gasteiger partial charge in [0, 0.05) is 37.0 Å². The van der Waals surface area contributed by atoms with Crippen LogP contribution in [-0.2, 0) is 12.8 Å². The van der Waals surface area contributed by atoms with Crippen LogP contribution in [0, 0.1) is 6.92 Å². The molecule has 3 rings (SSSR count). The van der Waals surface area contributed by atoms with Gasteiger partial charge in [0.15, 0.2) is 5.96 Å². The molecule has 27 heavy (non-hydrogen) atoms. The van der Waals surface area contributed by atoms with Crippen LogP contribution >= 0.6 is 35.3 Å². The van der Waals surface area contributed by atoms with Crippen molar-refractivity contribution in [3.8, 4) is 11.5 Å². The predicted octanol–water partition coefficient (Wildman–Crippen LogP) is 4.28. The molecule has 0 radical (unpaired) electrons. The van der Waals surface area contributed by atoms with Crippen molar-refractivity contribution >= 4 is 41.3 Å². The highest BCUT2D eigenvalue weighted by Crippen LogP contribution is 2.19. The molecule has 0 atom stereocenters. The van der Waals surface area contributed by atoms with Gasteiger partial charge in [0.1, 0.15) is 6.26 Å². The van der Waals surface area contributed by atoms with Gasteiger partial charge in [-0.25, -0.2) is 4.98 Å². The summed E-state index contributed by atoms with van der Waals surface area (Å²) in [4.78, 5) is 10.2. The highest BCUT2D eigenvalue weighted by Gasteiger charge is 2.07. The number of aryl methyl sites for hydroxylation is 1. The van der Waals surface area contributed by atoms with E-state index in [-0.39, 0.29) is 24.0 Å². The summed E-state index contributed by atoms with van der Waals surface area (Å²) in [5.41, 5.74) is 3.16. The number of nitrogens with zero attached hydrogens (tertiary/aromatic N) is 2. The van der Waals surface area contributed by atoms with E-state index in [1.165, 1.54) is 10.4 Å². The molecular formula is C20H25IN4OS. The smallest absolute Gasteiger partial charge is 0.226 e. The Morgan fingerprint density at radius 2 is 1.85 bits per heavy atom. The number of halogens is 1. The lowest BCUT2D eigenvalue weighted by molar-refractivity contribution is 0.572. The molecule has 144 valence electrons. The number of benzene rings is 1. The van der Waals surface area contributed by atoms with Crippen molar-refractivity contribution in [1.82, 2.24) is 15.6 Å². The molecule has 0 spiro atoms. The maximum absolute atomic E-state index is 5.60. The lowest BCUT2D eigenvalue weighted by atomic mass is 10.1. The number of hydrogen-bond acceptors (Lipinski definition) is 4. The number of guanidine groups is 1. The highest BCUT2D eigenvalue weighted by molar-refractivity contribution is 14.0. The van der Waals surface area contributed by atoms with Gasteiger partial charge in [-0.2, -0.15) is 0 Å². The first-order chi connectivity index (χ1) is 12.7. The van der Waals surface area contributed by atoms with E-state index < -0.39 is 0 Å². The first-order valence-corrected chi connectivity index (χ1v) is 9.61. The molecule has 3 aromatic rings. The van der Waals surface area contributed by atoms with Crippen LogP contribution in [0.25, 0.3) is 11.5 Å². The Bertz CT molecular complexity index is 828. The SMILES string of the molecule is CN=C(NCCc1coc(-c2ccc(C)cc2)n1)NCCc1cccs1.I. The third-order valence-corrected chi connectivity index (χ3v) is 4.93. The zero-order chi connectivity index (χ0) is 18.2. The van der Waals surface area contributed by atoms with Gasteiger partial charge in [0.05, 0.1) is 5.69 Å². The summed E-state index contributed by atoms with van der Waals surface area (Å²) in [6, 6.07) is 12.4. The molecule has 5 nitrogen and oxygen atoms in total. The Balaban J connectivity index is 0.00000261. The van der Waals surface area contributed by atoms with Crippen LogP contribution in [0.4, 0.5) is 0 Å². The van der Waals surface area contributed by atoms with Crippen molar-refractivity contribution < 1.29 is 4.42 Å². The van der Waals surface area contributed by atoms with Crippen molar-refractivity contribution in [2.24, 2.45) is 4.99 Å². The second kappa shape index (κ2) is 11.1. The molecule has 2 heterocycles. The van der Waals surface area contributed by atoms with E-state index in [2.05, 4.69) is 57.2 Å². The summed E-state index contributed by atoms with van der Waals surface area (Å²) < 4.78 is 5.60. The van der Waals surface area contributed by atoms with E-state index in [4.69, 9.17) is 4.42 Å². The van der Waals surface area contributed by atoms with Crippen LogP contribution in [-0.4, -0.2) is 31.1 Å². The van der Waals surface area contributed by atoms with Crippen LogP contribution < -0.4 is 10.6 Å². The minimum absolute atomic E-state index is 0. The monoisotopic (exact) mass is 496 g/mol. The van der Waals surface area contributed by atoms with E-state index in [0.29, 0.717) is 5.89 Å². The molecular weight excluding hydrogens is 471 g/mol. The molecule has 0 bridgehead atoms. The van der Waals surface area contributed by atoms with E-state index in [1.54, 1.807) is 24.6 Å². The minimum Gasteiger partial charge on any atom is -0.444 e. The number of aliphatic imine (C=N–C) groups is 1. The van der Waals surface area contributed by atoms with Gasteiger partial charge < -0.3 is 15.1 Å². The molecule has 0 aliphatic rings. The van der Waals surface area contributed by atoms with Crippen LogP contribution in [0.2, 0.25) is 0 Å². The van der Waals surface area contributed by atoms with Gasteiger partial charge in [-0.15, -0.1) is 35.3 Å². The van der Waals surface area contributed by atoms with E-state index in [0.717, 1.165) is 43.1 Å². The summed E-state index contributed by atoms with van der Waals surface area (Å²) in [5, 5.41) is 8.75. The summed E-state index contributed by atoms with van der Waals surface area (Å²) in [6.45, 7) is 3.68. The van der Waals surface area contributed by atoms with Crippen molar-refractivity contribution in [1.29, 1.82) is 0 Å². The lowest BCUT2D eigenvalue weighted by Crippen LogP contribution is -2.39. The van der Waals surface area contributed by atoms with Crippen molar-refractivity contribution in [2.45, 2.75) is 19.8 Å². The van der Waals surface area contributed by atoms with Crippen molar-refractivity contribution in [3.05, 3.63) is 64.2 Å². The molecule has 0 amide bonds. The largest absolute Gasteiger partial charge is 0.444 e. The average molecular weight is 496 g/mol. The molecule has 0 unspecified atom stereocenters. The Morgan fingerprint density at radius 1 is 1.11 bits per heavy atom. The topological polar surface area (TPSA) is 62.5 Å². The molecule has 1 aromatic carbocycles. The fourth-order valence-corrected chi connectivity index (χ4v) is 3.25. The second-order valence-corrected chi connectivity index (χ2v) is 7.05. The maximum Gasteiger partial charge on any atom is 0.226 e. The summed E-state index contributed by atoms with van der Waals surface area (Å²) >= 11 is 1.78. The number of hydrogen-bond donors (Lipinski definition) is 2. The zero-order valence-corrected chi connectivity index (χ0v) is 18.7. The highest BCUT2D eigenvalue weighted by atomic mass is 127. The Morgan fingerprint density at radius 3 is 2.52 bits per heavy atom. The molecule has 0 saturated heterocycles. The molecule has 0 fully saturated rings. The normalized spacial score (nSPS) is 11.1. The average Bonchev–Trinajstić information content (AvgIpc) is 3.33. The summed E-state index contributed by atoms with van der Waals surface area (Å²) in [6.07, 6.45) is 3.51. The maximum atomic E-state index is 5.60. The van der Waals surface area contributed by atoms with Crippen LogP contribution in [0.3, 0.4) is 0 Å². The third kappa shape index (κ3) is 6.66. The predicted molar refractivity (Wildman–Crippen MR) is 123 cm³/mol. The fraction of sp³-hybridized carbons (Fsp3) is 0.300. The molecule has 7 heteroatoms. The zero-order valence-electron chi connectivity index (χ0n) is 15.6. The molecule has 0 aliphatic carbocycles. The quantitative estimate of drug-likeness (QED) is 0.291. The van der Waals surface area contributed by atoms with Crippen molar-refractivity contribution in [3.63, 3.8) is 0 Å². The van der Waals surface area contributed by atoms with Gasteiger partial charge in [0.2, 0.25) is 5.89 Å². The van der Waals surface area contributed by atoms with Gasteiger partial charge in [0.25, 0.3) is 0 Å². The summed E-state index contributed by atoms with van der Waals surface area (Å²) in [7, 11) is 1.78. The molecule has 0 aliphatic heterocycles. The number of oxazole rings is 1. The van der Waals surface area contributed by atoms with Gasteiger partial charge >= 0.3 is 0 Å². The molecule has 2 N–H and O–H groups in total. The summed E-state index contributed by atoms with van der Waals surface area (Å²) in [5.74, 6) is 1.47. The fourth-order valence-electron chi connectivity index (χ4n) is 2.54. The first kappa shape index (κ1) is 21.4. The van der Waals surface area contributed by atoms with Crippen LogP contribution in [0.15, 0.2) is 57.5 Å². The first-order valence-electron chi connectivity index (χ1n) is 8.73. The third-order valence-electron chi connectivity index (χ3n) is 3.99. The number of rotatable bonds is 7. The van der Waals surface area contributed by atoms with Gasteiger partial charge in [-0.3, -0.25) is 4.99 Å². The standard InChI is InChI=1S/C20H24N4OS.HI/c1-15-5-7-16(8-6-15)19-24-17(14-25-19)9-11-22-20(21-2)23-12-10-18-4-3-13-26-18;/h3-8,13-14H,9-12H2,1-2H3,(H2,21,22,23);1H. The Kier molecular flexibility index (Phi) is 8.80. The van der Waals surface area contributed by atoms with E-state index >= 15 is 0 Å². The minimum atomic E-state index is 0. The second-order valence-electron chi connectivity index (χ2n) is 6.02. The van der Waals surface area contributed by atoms with E-state index in [1.807, 2.05) is 12.1 Å². The van der Waals surface area contributed by atoms with E-state index in [9.17, 15) is 0 Å². The van der Waals surface area contributed by atoms with Crippen LogP contribution in [0.1, 0.15) is 16.1 Å². The van der Waals surface area contributed by atoms with Gasteiger partial charge in [-0.05, 0) is 36.9 Å². The molecule has 2 aromatic heterocycles.